The number of rotatable bonds is 8. The van der Waals surface area contributed by atoms with Crippen LogP contribution in [0.3, 0.4) is 0 Å². The number of ether oxygens (including phenoxy) is 2. The first kappa shape index (κ1) is 17.0. The fourth-order valence-electron chi connectivity index (χ4n) is 2.23. The van der Waals surface area contributed by atoms with Crippen LogP contribution < -0.4 is 10.1 Å². The Kier molecular flexibility index (Phi) is 6.63. The zero-order valence-corrected chi connectivity index (χ0v) is 13.7. The van der Waals surface area contributed by atoms with Gasteiger partial charge in [0.25, 0.3) is 5.91 Å². The Labute approximate surface area is 137 Å². The van der Waals surface area contributed by atoms with Crippen LogP contribution in [0.15, 0.2) is 48.5 Å². The fourth-order valence-corrected chi connectivity index (χ4v) is 2.23. The van der Waals surface area contributed by atoms with Crippen molar-refractivity contribution in [2.45, 2.75) is 26.6 Å². The third-order valence-corrected chi connectivity index (χ3v) is 3.45. The summed E-state index contributed by atoms with van der Waals surface area (Å²) in [6.45, 7) is 3.62. The molecule has 0 radical (unpaired) electrons. The van der Waals surface area contributed by atoms with E-state index in [0.29, 0.717) is 25.3 Å². The molecule has 0 spiro atoms. The van der Waals surface area contributed by atoms with Gasteiger partial charge in [-0.2, -0.15) is 0 Å². The van der Waals surface area contributed by atoms with Crippen molar-refractivity contribution >= 4 is 5.91 Å². The van der Waals surface area contributed by atoms with Gasteiger partial charge in [-0.15, -0.1) is 0 Å². The summed E-state index contributed by atoms with van der Waals surface area (Å²) < 4.78 is 11.1. The molecule has 0 aliphatic carbocycles. The third kappa shape index (κ3) is 5.11. The number of hydrogen-bond acceptors (Lipinski definition) is 3. The highest BCUT2D eigenvalue weighted by Crippen LogP contribution is 2.21. The molecule has 4 nitrogen and oxygen atoms in total. The average molecular weight is 313 g/mol. The minimum absolute atomic E-state index is 0.0705. The number of carbonyl (C=O) groups is 1. The summed E-state index contributed by atoms with van der Waals surface area (Å²) in [4.78, 5) is 12.1. The lowest BCUT2D eigenvalue weighted by Gasteiger charge is -2.11. The number of carbonyl (C=O) groups excluding carboxylic acids is 1. The molecule has 0 aromatic heterocycles. The minimum Gasteiger partial charge on any atom is -0.496 e. The molecule has 0 aliphatic rings. The van der Waals surface area contributed by atoms with Crippen LogP contribution in [0.5, 0.6) is 5.75 Å². The molecule has 0 unspecified atom stereocenters. The lowest BCUT2D eigenvalue weighted by atomic mass is 10.1. The Morgan fingerprint density at radius 3 is 2.57 bits per heavy atom. The van der Waals surface area contributed by atoms with Gasteiger partial charge in [0.05, 0.1) is 20.3 Å². The smallest absolute Gasteiger partial charge is 0.251 e. The Balaban J connectivity index is 2.02. The summed E-state index contributed by atoms with van der Waals surface area (Å²) in [5, 5.41) is 2.87. The Hall–Kier alpha value is -2.33. The molecule has 0 atom stereocenters. The van der Waals surface area contributed by atoms with Gasteiger partial charge in [-0.1, -0.05) is 37.3 Å². The van der Waals surface area contributed by atoms with E-state index in [1.54, 1.807) is 13.2 Å². The number of benzene rings is 2. The molecule has 0 saturated carbocycles. The maximum Gasteiger partial charge on any atom is 0.251 e. The summed E-state index contributed by atoms with van der Waals surface area (Å²) in [6.07, 6.45) is 0.912. The summed E-state index contributed by atoms with van der Waals surface area (Å²) in [6, 6.07) is 15.4. The first-order valence-electron chi connectivity index (χ1n) is 7.81. The Morgan fingerprint density at radius 2 is 1.87 bits per heavy atom. The second-order valence-electron chi connectivity index (χ2n) is 5.26. The zero-order chi connectivity index (χ0) is 16.5. The van der Waals surface area contributed by atoms with Crippen molar-refractivity contribution in [2.75, 3.05) is 13.7 Å². The van der Waals surface area contributed by atoms with Crippen LogP contribution in [0.1, 0.15) is 34.8 Å². The molecule has 122 valence electrons. The minimum atomic E-state index is -0.0705. The summed E-state index contributed by atoms with van der Waals surface area (Å²) in [5.41, 5.74) is 2.61. The molecule has 4 heteroatoms. The van der Waals surface area contributed by atoms with E-state index in [9.17, 15) is 4.79 Å². The highest BCUT2D eigenvalue weighted by Gasteiger charge is 2.10. The maximum absolute atomic E-state index is 12.1. The summed E-state index contributed by atoms with van der Waals surface area (Å²) in [5.74, 6) is 0.656. The Morgan fingerprint density at radius 1 is 1.09 bits per heavy atom. The van der Waals surface area contributed by atoms with Crippen LogP contribution in [0.4, 0.5) is 0 Å². The van der Waals surface area contributed by atoms with Crippen molar-refractivity contribution in [1.29, 1.82) is 0 Å². The molecule has 2 rings (SSSR count). The molecule has 1 amide bonds. The van der Waals surface area contributed by atoms with Gasteiger partial charge in [0.1, 0.15) is 5.75 Å². The molecule has 1 N–H and O–H groups in total. The molecule has 23 heavy (non-hydrogen) atoms. The molecule has 0 fully saturated rings. The number of amides is 1. The highest BCUT2D eigenvalue weighted by atomic mass is 16.5. The van der Waals surface area contributed by atoms with Crippen molar-refractivity contribution in [1.82, 2.24) is 5.32 Å². The van der Waals surface area contributed by atoms with Gasteiger partial charge < -0.3 is 14.8 Å². The van der Waals surface area contributed by atoms with Crippen LogP contribution in [-0.4, -0.2) is 19.6 Å². The van der Waals surface area contributed by atoms with E-state index in [0.717, 1.165) is 23.3 Å². The van der Waals surface area contributed by atoms with Crippen LogP contribution in [0, 0.1) is 0 Å². The van der Waals surface area contributed by atoms with Gasteiger partial charge in [-0.3, -0.25) is 4.79 Å². The standard InChI is InChI=1S/C19H23NO3/c1-3-11-20-19(21)16-9-10-18(22-2)17(12-16)14-23-13-15-7-5-4-6-8-15/h4-10,12H,3,11,13-14H2,1-2H3,(H,20,21). The normalized spacial score (nSPS) is 10.3. The van der Waals surface area contributed by atoms with Crippen LogP contribution in [0.25, 0.3) is 0 Å². The maximum atomic E-state index is 12.1. The molecule has 0 bridgehead atoms. The van der Waals surface area contributed by atoms with Crippen LogP contribution in [-0.2, 0) is 18.0 Å². The van der Waals surface area contributed by atoms with Crippen molar-refractivity contribution in [3.8, 4) is 5.75 Å². The van der Waals surface area contributed by atoms with E-state index in [1.165, 1.54) is 0 Å². The molecule has 0 heterocycles. The average Bonchev–Trinajstić information content (AvgIpc) is 2.60. The van der Waals surface area contributed by atoms with Crippen molar-refractivity contribution < 1.29 is 14.3 Å². The van der Waals surface area contributed by atoms with Crippen molar-refractivity contribution in [3.63, 3.8) is 0 Å². The SMILES string of the molecule is CCCNC(=O)c1ccc(OC)c(COCc2ccccc2)c1. The second-order valence-corrected chi connectivity index (χ2v) is 5.26. The molecule has 2 aromatic carbocycles. The topological polar surface area (TPSA) is 47.6 Å². The lowest BCUT2D eigenvalue weighted by Crippen LogP contribution is -2.24. The molecule has 0 saturated heterocycles. The van der Waals surface area contributed by atoms with Crippen molar-refractivity contribution in [2.24, 2.45) is 0 Å². The summed E-state index contributed by atoms with van der Waals surface area (Å²) >= 11 is 0. The Bertz CT molecular complexity index is 626. The van der Waals surface area contributed by atoms with E-state index < -0.39 is 0 Å². The quantitative estimate of drug-likeness (QED) is 0.810. The first-order chi connectivity index (χ1) is 11.2. The summed E-state index contributed by atoms with van der Waals surface area (Å²) in [7, 11) is 1.62. The van der Waals surface area contributed by atoms with Gasteiger partial charge in [0.2, 0.25) is 0 Å². The second kappa shape index (κ2) is 8.96. The number of methoxy groups -OCH3 is 1. The fraction of sp³-hybridized carbons (Fsp3) is 0.316. The van der Waals surface area contributed by atoms with Gasteiger partial charge in [0, 0.05) is 17.7 Å². The van der Waals surface area contributed by atoms with E-state index in [-0.39, 0.29) is 5.91 Å². The van der Waals surface area contributed by atoms with Crippen molar-refractivity contribution in [3.05, 3.63) is 65.2 Å². The van der Waals surface area contributed by atoms with E-state index in [1.807, 2.05) is 49.4 Å². The van der Waals surface area contributed by atoms with E-state index in [2.05, 4.69) is 5.32 Å². The highest BCUT2D eigenvalue weighted by molar-refractivity contribution is 5.94. The first-order valence-corrected chi connectivity index (χ1v) is 7.81. The molecular formula is C19H23NO3. The predicted molar refractivity (Wildman–Crippen MR) is 90.6 cm³/mol. The monoisotopic (exact) mass is 313 g/mol. The van der Waals surface area contributed by atoms with Crippen LogP contribution in [0.2, 0.25) is 0 Å². The molecule has 2 aromatic rings. The van der Waals surface area contributed by atoms with Gasteiger partial charge in [-0.05, 0) is 30.2 Å². The van der Waals surface area contributed by atoms with E-state index in [4.69, 9.17) is 9.47 Å². The van der Waals surface area contributed by atoms with Gasteiger partial charge >= 0.3 is 0 Å². The van der Waals surface area contributed by atoms with Gasteiger partial charge in [0.15, 0.2) is 0 Å². The number of nitrogens with one attached hydrogen (secondary N) is 1. The largest absolute Gasteiger partial charge is 0.496 e. The predicted octanol–water partition coefficient (Wildman–Crippen LogP) is 3.55. The zero-order valence-electron chi connectivity index (χ0n) is 13.7. The molecule has 0 aliphatic heterocycles. The van der Waals surface area contributed by atoms with Gasteiger partial charge in [-0.25, -0.2) is 0 Å². The van der Waals surface area contributed by atoms with E-state index >= 15 is 0 Å². The third-order valence-electron chi connectivity index (χ3n) is 3.45. The lowest BCUT2D eigenvalue weighted by molar-refractivity contribution is 0.0951. The molecular weight excluding hydrogens is 290 g/mol. The van der Waals surface area contributed by atoms with Crippen LogP contribution >= 0.6 is 0 Å². The number of hydrogen-bond donors (Lipinski definition) is 1.